The van der Waals surface area contributed by atoms with Gasteiger partial charge in [-0.25, -0.2) is 0 Å². The van der Waals surface area contributed by atoms with Crippen molar-refractivity contribution in [2.75, 3.05) is 11.9 Å². The molecule has 0 aromatic heterocycles. The van der Waals surface area contributed by atoms with Gasteiger partial charge in [0.2, 0.25) is 0 Å². The molecule has 3 rings (SSSR count). The average molecular weight is 406 g/mol. The van der Waals surface area contributed by atoms with Crippen LogP contribution in [0.1, 0.15) is 21.9 Å². The zero-order chi connectivity index (χ0) is 20.6. The molecule has 1 N–H and O–H groups in total. The fourth-order valence-corrected chi connectivity index (χ4v) is 3.96. The molecule has 5 heteroatoms. The summed E-state index contributed by atoms with van der Waals surface area (Å²) >= 11 is 1.40. The van der Waals surface area contributed by atoms with Crippen molar-refractivity contribution in [3.63, 3.8) is 0 Å². The largest absolute Gasteiger partial charge is 0.454 e. The third kappa shape index (κ3) is 5.72. The van der Waals surface area contributed by atoms with Crippen molar-refractivity contribution >= 4 is 29.3 Å². The standard InChI is InChI=1S/C24H23NO3S/c1-17-10-9-11-18(2)22(17)25-21(26)16-28-24(27)23(19-12-5-3-6-13-19)29-20-14-7-4-8-15-20/h3-15,23H,16H2,1-2H3,(H,25,26)/t23-/m0/s1. The number of esters is 1. The first kappa shape index (κ1) is 20.7. The van der Waals surface area contributed by atoms with E-state index in [0.717, 1.165) is 27.3 Å². The zero-order valence-corrected chi connectivity index (χ0v) is 17.2. The van der Waals surface area contributed by atoms with E-state index in [1.165, 1.54) is 11.8 Å². The van der Waals surface area contributed by atoms with E-state index in [0.29, 0.717) is 0 Å². The molecule has 1 amide bonds. The zero-order valence-electron chi connectivity index (χ0n) is 16.4. The predicted octanol–water partition coefficient (Wildman–Crippen LogP) is 5.32. The van der Waals surface area contributed by atoms with Crippen LogP contribution in [0.4, 0.5) is 5.69 Å². The Hall–Kier alpha value is -3.05. The highest BCUT2D eigenvalue weighted by Crippen LogP contribution is 2.36. The molecule has 0 aliphatic rings. The van der Waals surface area contributed by atoms with E-state index in [1.54, 1.807) is 0 Å². The maximum atomic E-state index is 12.8. The van der Waals surface area contributed by atoms with Gasteiger partial charge in [-0.05, 0) is 42.7 Å². The molecule has 29 heavy (non-hydrogen) atoms. The van der Waals surface area contributed by atoms with Gasteiger partial charge < -0.3 is 10.1 Å². The Bertz CT molecular complexity index is 954. The molecular weight excluding hydrogens is 382 g/mol. The lowest BCUT2D eigenvalue weighted by atomic mass is 10.1. The van der Waals surface area contributed by atoms with Crippen LogP contribution in [0.15, 0.2) is 83.8 Å². The molecule has 1 atom stereocenters. The Labute approximate surface area is 175 Å². The molecule has 4 nitrogen and oxygen atoms in total. The first-order chi connectivity index (χ1) is 14.0. The maximum Gasteiger partial charge on any atom is 0.324 e. The van der Waals surface area contributed by atoms with Crippen LogP contribution in [0.2, 0.25) is 0 Å². The van der Waals surface area contributed by atoms with Crippen LogP contribution in [0.5, 0.6) is 0 Å². The minimum absolute atomic E-state index is 0.328. The molecule has 0 aliphatic heterocycles. The second-order valence-corrected chi connectivity index (χ2v) is 7.82. The highest BCUT2D eigenvalue weighted by atomic mass is 32.2. The van der Waals surface area contributed by atoms with Crippen LogP contribution in [0, 0.1) is 13.8 Å². The highest BCUT2D eigenvalue weighted by molar-refractivity contribution is 8.00. The van der Waals surface area contributed by atoms with E-state index in [-0.39, 0.29) is 12.5 Å². The maximum absolute atomic E-state index is 12.8. The summed E-state index contributed by atoms with van der Waals surface area (Å²) in [7, 11) is 0. The van der Waals surface area contributed by atoms with Crippen molar-refractivity contribution in [2.45, 2.75) is 24.0 Å². The van der Waals surface area contributed by atoms with Crippen molar-refractivity contribution < 1.29 is 14.3 Å². The van der Waals surface area contributed by atoms with E-state index in [2.05, 4.69) is 5.32 Å². The molecule has 3 aromatic rings. The summed E-state index contributed by atoms with van der Waals surface area (Å²) < 4.78 is 5.37. The number of nitrogens with one attached hydrogen (secondary N) is 1. The number of rotatable bonds is 7. The summed E-state index contributed by atoms with van der Waals surface area (Å²) in [6.07, 6.45) is 0. The smallest absolute Gasteiger partial charge is 0.324 e. The first-order valence-electron chi connectivity index (χ1n) is 9.34. The monoisotopic (exact) mass is 405 g/mol. The third-order valence-electron chi connectivity index (χ3n) is 4.40. The summed E-state index contributed by atoms with van der Waals surface area (Å²) in [6.45, 7) is 3.53. The normalized spacial score (nSPS) is 11.5. The van der Waals surface area contributed by atoms with Gasteiger partial charge in [-0.15, -0.1) is 11.8 Å². The van der Waals surface area contributed by atoms with Gasteiger partial charge in [-0.1, -0.05) is 66.7 Å². The summed E-state index contributed by atoms with van der Waals surface area (Å²) in [6, 6.07) is 24.9. The van der Waals surface area contributed by atoms with E-state index >= 15 is 0 Å². The topological polar surface area (TPSA) is 55.4 Å². The number of carbonyl (C=O) groups excluding carboxylic acids is 2. The number of para-hydroxylation sites is 1. The van der Waals surface area contributed by atoms with Crippen molar-refractivity contribution in [2.24, 2.45) is 0 Å². The molecule has 0 bridgehead atoms. The lowest BCUT2D eigenvalue weighted by Gasteiger charge is -2.17. The number of thioether (sulfide) groups is 1. The second-order valence-electron chi connectivity index (χ2n) is 6.64. The molecule has 0 saturated carbocycles. The molecule has 0 saturated heterocycles. The van der Waals surface area contributed by atoms with Crippen molar-refractivity contribution in [3.05, 3.63) is 95.6 Å². The Morgan fingerprint density at radius 3 is 2.07 bits per heavy atom. The van der Waals surface area contributed by atoms with Crippen molar-refractivity contribution in [3.8, 4) is 0 Å². The highest BCUT2D eigenvalue weighted by Gasteiger charge is 2.24. The van der Waals surface area contributed by atoms with Crippen molar-refractivity contribution in [1.82, 2.24) is 0 Å². The second kappa shape index (κ2) is 9.94. The number of hydrogen-bond acceptors (Lipinski definition) is 4. The van der Waals surface area contributed by atoms with Crippen LogP contribution in [0.3, 0.4) is 0 Å². The number of benzene rings is 3. The van der Waals surface area contributed by atoms with Gasteiger partial charge in [-0.2, -0.15) is 0 Å². The summed E-state index contributed by atoms with van der Waals surface area (Å²) in [4.78, 5) is 26.1. The molecule has 0 spiro atoms. The summed E-state index contributed by atoms with van der Waals surface area (Å²) in [5.41, 5.74) is 3.52. The van der Waals surface area contributed by atoms with Crippen LogP contribution in [-0.2, 0) is 14.3 Å². The lowest BCUT2D eigenvalue weighted by Crippen LogP contribution is -2.23. The van der Waals surface area contributed by atoms with Gasteiger partial charge in [0, 0.05) is 10.6 Å². The minimum Gasteiger partial charge on any atom is -0.454 e. The van der Waals surface area contributed by atoms with Crippen LogP contribution < -0.4 is 5.32 Å². The number of anilines is 1. The van der Waals surface area contributed by atoms with Gasteiger partial charge in [0.25, 0.3) is 5.91 Å². The molecule has 0 heterocycles. The predicted molar refractivity (Wildman–Crippen MR) is 117 cm³/mol. The van der Waals surface area contributed by atoms with E-state index in [9.17, 15) is 9.59 Å². The Balaban J connectivity index is 1.67. The van der Waals surface area contributed by atoms with Crippen LogP contribution >= 0.6 is 11.8 Å². The number of carbonyl (C=O) groups is 2. The minimum atomic E-state index is -0.549. The number of hydrogen-bond donors (Lipinski definition) is 1. The summed E-state index contributed by atoms with van der Waals surface area (Å²) in [5, 5.41) is 2.29. The van der Waals surface area contributed by atoms with Gasteiger partial charge >= 0.3 is 5.97 Å². The number of amides is 1. The fraction of sp³-hybridized carbons (Fsp3) is 0.167. The molecule has 148 valence electrons. The van der Waals surface area contributed by atoms with Gasteiger partial charge in [-0.3, -0.25) is 9.59 Å². The fourth-order valence-electron chi connectivity index (χ4n) is 2.91. The quantitative estimate of drug-likeness (QED) is 0.427. The molecular formula is C24H23NO3S. The summed E-state index contributed by atoms with van der Waals surface area (Å²) in [5.74, 6) is -0.797. The lowest BCUT2D eigenvalue weighted by molar-refractivity contribution is -0.146. The van der Waals surface area contributed by atoms with Gasteiger partial charge in [0.15, 0.2) is 6.61 Å². The van der Waals surface area contributed by atoms with Crippen LogP contribution in [0.25, 0.3) is 0 Å². The number of aryl methyl sites for hydroxylation is 2. The molecule has 0 unspecified atom stereocenters. The molecule has 3 aromatic carbocycles. The number of ether oxygens (including phenoxy) is 1. The van der Waals surface area contributed by atoms with E-state index in [4.69, 9.17) is 4.74 Å². The third-order valence-corrected chi connectivity index (χ3v) is 5.65. The molecule has 0 aliphatic carbocycles. The Kier molecular flexibility index (Phi) is 7.09. The molecule has 0 fully saturated rings. The van der Waals surface area contributed by atoms with E-state index in [1.807, 2.05) is 92.7 Å². The van der Waals surface area contributed by atoms with E-state index < -0.39 is 11.2 Å². The van der Waals surface area contributed by atoms with Gasteiger partial charge in [0.05, 0.1) is 0 Å². The van der Waals surface area contributed by atoms with Crippen molar-refractivity contribution in [1.29, 1.82) is 0 Å². The first-order valence-corrected chi connectivity index (χ1v) is 10.2. The van der Waals surface area contributed by atoms with Crippen LogP contribution in [-0.4, -0.2) is 18.5 Å². The Morgan fingerprint density at radius 2 is 1.45 bits per heavy atom. The van der Waals surface area contributed by atoms with Gasteiger partial charge in [0.1, 0.15) is 5.25 Å². The average Bonchev–Trinajstić information content (AvgIpc) is 2.74. The SMILES string of the molecule is Cc1cccc(C)c1NC(=O)COC(=O)[C@@H](Sc1ccccc1)c1ccccc1. The molecule has 0 radical (unpaired) electrons. The Morgan fingerprint density at radius 1 is 0.862 bits per heavy atom.